The Morgan fingerprint density at radius 2 is 1.83 bits per heavy atom. The number of allylic oxidation sites excluding steroid dienone is 1. The first-order chi connectivity index (χ1) is 17.3. The predicted octanol–water partition coefficient (Wildman–Crippen LogP) is 3.26. The Morgan fingerprint density at radius 1 is 1.14 bits per heavy atom. The molecule has 0 N–H and O–H groups in total. The number of rotatable bonds is 7. The van der Waals surface area contributed by atoms with Crippen LogP contribution in [0.2, 0.25) is 0 Å². The van der Waals surface area contributed by atoms with Crippen molar-refractivity contribution in [2.45, 2.75) is 26.8 Å². The Balaban J connectivity index is 2.02. The summed E-state index contributed by atoms with van der Waals surface area (Å²) in [7, 11) is 3.11. The average Bonchev–Trinajstić information content (AvgIpc) is 3.18. The van der Waals surface area contributed by atoms with E-state index < -0.39 is 6.04 Å². The number of aromatic nitrogens is 1. The number of carbonyl (C=O) groups is 1. The van der Waals surface area contributed by atoms with E-state index in [1.807, 2.05) is 13.8 Å². The van der Waals surface area contributed by atoms with Crippen molar-refractivity contribution >= 4 is 23.3 Å². The summed E-state index contributed by atoms with van der Waals surface area (Å²) in [4.78, 5) is 34.4. The molecule has 1 aliphatic heterocycles. The van der Waals surface area contributed by atoms with Crippen molar-refractivity contribution in [1.29, 1.82) is 0 Å². The fraction of sp³-hybridized carbons (Fsp3) is 0.296. The topological polar surface area (TPSA) is 73.1 Å². The Bertz CT molecular complexity index is 1500. The zero-order valence-corrected chi connectivity index (χ0v) is 21.7. The van der Waals surface area contributed by atoms with Crippen LogP contribution in [0.1, 0.15) is 37.9 Å². The van der Waals surface area contributed by atoms with E-state index in [1.54, 1.807) is 67.0 Å². The van der Waals surface area contributed by atoms with Crippen LogP contribution in [0.15, 0.2) is 63.5 Å². The fourth-order valence-electron chi connectivity index (χ4n) is 4.33. The highest BCUT2D eigenvalue weighted by molar-refractivity contribution is 7.07. The Kier molecular flexibility index (Phi) is 7.40. The number of nitrogens with zero attached hydrogens (tertiary/aromatic N) is 3. The first kappa shape index (κ1) is 25.4. The van der Waals surface area contributed by atoms with Gasteiger partial charge in [0.25, 0.3) is 11.5 Å². The van der Waals surface area contributed by atoms with Crippen LogP contribution in [0.25, 0.3) is 6.08 Å². The van der Waals surface area contributed by atoms with Gasteiger partial charge in [0.15, 0.2) is 4.80 Å². The summed E-state index contributed by atoms with van der Waals surface area (Å²) in [6, 6.07) is 10.5. The monoisotopic (exact) mass is 509 g/mol. The minimum absolute atomic E-state index is 0.191. The van der Waals surface area contributed by atoms with E-state index in [1.165, 1.54) is 23.5 Å². The lowest BCUT2D eigenvalue weighted by molar-refractivity contribution is -0.127. The Hall–Kier alpha value is -3.72. The van der Waals surface area contributed by atoms with Crippen molar-refractivity contribution in [2.75, 3.05) is 27.3 Å². The number of hydrogen-bond donors (Lipinski definition) is 0. The van der Waals surface area contributed by atoms with Crippen molar-refractivity contribution in [1.82, 2.24) is 9.47 Å². The lowest BCUT2D eigenvalue weighted by atomic mass is 9.93. The number of ether oxygens (including phenoxy) is 2. The summed E-state index contributed by atoms with van der Waals surface area (Å²) in [5.74, 6) is 0.551. The van der Waals surface area contributed by atoms with Crippen LogP contribution in [-0.4, -0.2) is 42.7 Å². The zero-order valence-electron chi connectivity index (χ0n) is 20.9. The molecule has 0 aliphatic carbocycles. The molecule has 0 unspecified atom stereocenters. The van der Waals surface area contributed by atoms with E-state index in [9.17, 15) is 14.0 Å². The molecule has 3 aromatic rings. The second kappa shape index (κ2) is 10.5. The highest BCUT2D eigenvalue weighted by Crippen LogP contribution is 2.38. The Labute approximate surface area is 212 Å². The van der Waals surface area contributed by atoms with E-state index >= 15 is 0 Å². The molecular formula is C27H28FN3O4S. The SMILES string of the molecule is CCN(CC)C(=O)C1=C(C)N=c2s/c(=C/c3ccc(F)cc3)c(=O)n2[C@@H]1c1cc(OC)ccc1OC. The molecule has 1 amide bonds. The third-order valence-corrected chi connectivity index (χ3v) is 7.18. The van der Waals surface area contributed by atoms with E-state index in [0.717, 1.165) is 0 Å². The quantitative estimate of drug-likeness (QED) is 0.490. The van der Waals surface area contributed by atoms with Crippen molar-refractivity contribution in [3.63, 3.8) is 0 Å². The molecule has 7 nitrogen and oxygen atoms in total. The van der Waals surface area contributed by atoms with Gasteiger partial charge < -0.3 is 14.4 Å². The van der Waals surface area contributed by atoms with Gasteiger partial charge in [0.1, 0.15) is 23.4 Å². The largest absolute Gasteiger partial charge is 0.497 e. The number of fused-ring (bicyclic) bond motifs is 1. The van der Waals surface area contributed by atoms with E-state index in [-0.39, 0.29) is 17.3 Å². The summed E-state index contributed by atoms with van der Waals surface area (Å²) in [6.07, 6.45) is 1.70. The lowest BCUT2D eigenvalue weighted by Gasteiger charge is -2.30. The van der Waals surface area contributed by atoms with Gasteiger partial charge in [0.05, 0.1) is 30.0 Å². The van der Waals surface area contributed by atoms with Gasteiger partial charge in [-0.25, -0.2) is 9.38 Å². The van der Waals surface area contributed by atoms with Gasteiger partial charge in [-0.15, -0.1) is 0 Å². The fourth-order valence-corrected chi connectivity index (χ4v) is 5.38. The molecule has 0 fully saturated rings. The number of thiazole rings is 1. The second-order valence-electron chi connectivity index (χ2n) is 8.22. The molecule has 36 heavy (non-hydrogen) atoms. The molecule has 188 valence electrons. The molecule has 0 saturated heterocycles. The van der Waals surface area contributed by atoms with Crippen LogP contribution >= 0.6 is 11.3 Å². The highest BCUT2D eigenvalue weighted by atomic mass is 32.1. The molecule has 1 atom stereocenters. The van der Waals surface area contributed by atoms with Crippen LogP contribution in [0.3, 0.4) is 0 Å². The molecule has 0 bridgehead atoms. The summed E-state index contributed by atoms with van der Waals surface area (Å²) in [6.45, 7) is 6.65. The summed E-state index contributed by atoms with van der Waals surface area (Å²) in [5, 5.41) is 0. The maximum Gasteiger partial charge on any atom is 0.271 e. The molecule has 2 heterocycles. The van der Waals surface area contributed by atoms with Crippen molar-refractivity contribution in [3.05, 3.63) is 90.4 Å². The highest BCUT2D eigenvalue weighted by Gasteiger charge is 2.36. The molecule has 0 saturated carbocycles. The second-order valence-corrected chi connectivity index (χ2v) is 9.23. The van der Waals surface area contributed by atoms with Crippen molar-refractivity contribution in [2.24, 2.45) is 4.99 Å². The molecule has 1 aliphatic rings. The third kappa shape index (κ3) is 4.58. The Morgan fingerprint density at radius 3 is 2.44 bits per heavy atom. The van der Waals surface area contributed by atoms with Crippen LogP contribution < -0.4 is 24.4 Å². The maximum absolute atomic E-state index is 13.8. The van der Waals surface area contributed by atoms with Crippen molar-refractivity contribution in [3.8, 4) is 11.5 Å². The third-order valence-electron chi connectivity index (χ3n) is 6.20. The number of hydrogen-bond acceptors (Lipinski definition) is 6. The predicted molar refractivity (Wildman–Crippen MR) is 138 cm³/mol. The van der Waals surface area contributed by atoms with Crippen LogP contribution in [0.4, 0.5) is 4.39 Å². The molecule has 2 aromatic carbocycles. The number of halogens is 1. The summed E-state index contributed by atoms with van der Waals surface area (Å²) < 4.78 is 26.5. The van der Waals surface area contributed by atoms with Crippen molar-refractivity contribution < 1.29 is 18.7 Å². The number of methoxy groups -OCH3 is 2. The number of benzene rings is 2. The molecule has 0 spiro atoms. The summed E-state index contributed by atoms with van der Waals surface area (Å²) >= 11 is 1.22. The minimum Gasteiger partial charge on any atom is -0.497 e. The average molecular weight is 510 g/mol. The first-order valence-electron chi connectivity index (χ1n) is 11.6. The normalized spacial score (nSPS) is 15.4. The lowest BCUT2D eigenvalue weighted by Crippen LogP contribution is -2.43. The van der Waals surface area contributed by atoms with Crippen LogP contribution in [-0.2, 0) is 4.79 Å². The smallest absolute Gasteiger partial charge is 0.271 e. The molecule has 4 rings (SSSR count). The first-order valence-corrected chi connectivity index (χ1v) is 12.4. The van der Waals surface area contributed by atoms with E-state index in [2.05, 4.69) is 4.99 Å². The molecule has 1 aromatic heterocycles. The van der Waals surface area contributed by atoms with E-state index in [4.69, 9.17) is 9.47 Å². The van der Waals surface area contributed by atoms with Gasteiger partial charge in [-0.05, 0) is 62.7 Å². The van der Waals surface area contributed by atoms with Gasteiger partial charge in [-0.1, -0.05) is 23.5 Å². The van der Waals surface area contributed by atoms with Gasteiger partial charge >= 0.3 is 0 Å². The zero-order chi connectivity index (χ0) is 26.0. The standard InChI is InChI=1S/C27H28FN3O4S/c1-6-30(7-2)26(33)23-16(3)29-27-31(24(23)20-15-19(34-4)12-13-21(20)35-5)25(32)22(36-27)14-17-8-10-18(28)11-9-17/h8-15,24H,6-7H2,1-5H3/b22-14+/t24-/m1/s1. The van der Waals surface area contributed by atoms with Gasteiger partial charge in [-0.2, -0.15) is 0 Å². The van der Waals surface area contributed by atoms with Crippen LogP contribution in [0.5, 0.6) is 11.5 Å². The van der Waals surface area contributed by atoms with Crippen LogP contribution in [0, 0.1) is 5.82 Å². The van der Waals surface area contributed by atoms with E-state index in [0.29, 0.717) is 56.3 Å². The number of likely N-dealkylation sites (N-methyl/N-ethyl adjacent to an activating group) is 1. The molecule has 9 heteroatoms. The maximum atomic E-state index is 13.8. The van der Waals surface area contributed by atoms with Gasteiger partial charge in [0.2, 0.25) is 0 Å². The van der Waals surface area contributed by atoms with Gasteiger partial charge in [0, 0.05) is 18.7 Å². The number of amides is 1. The number of carbonyl (C=O) groups excluding carboxylic acids is 1. The minimum atomic E-state index is -0.769. The molecular weight excluding hydrogens is 481 g/mol. The summed E-state index contributed by atoms with van der Waals surface area (Å²) in [5.41, 5.74) is 1.96. The van der Waals surface area contributed by atoms with Gasteiger partial charge in [-0.3, -0.25) is 14.2 Å². The molecule has 0 radical (unpaired) electrons.